The Morgan fingerprint density at radius 1 is 1.59 bits per heavy atom. The normalized spacial score (nSPS) is 21.4. The third kappa shape index (κ3) is 1.86. The van der Waals surface area contributed by atoms with Gasteiger partial charge in [0.1, 0.15) is 11.3 Å². The Bertz CT molecular complexity index is 510. The van der Waals surface area contributed by atoms with E-state index in [1.807, 2.05) is 18.2 Å². The van der Waals surface area contributed by atoms with Crippen LogP contribution in [0.3, 0.4) is 0 Å². The van der Waals surface area contributed by atoms with Crippen molar-refractivity contribution in [1.82, 2.24) is 5.32 Å². The average molecular weight is 226 g/mol. The van der Waals surface area contributed by atoms with Crippen LogP contribution >= 0.6 is 0 Å². The number of methoxy groups -OCH3 is 1. The van der Waals surface area contributed by atoms with Crippen LogP contribution < -0.4 is 10.1 Å². The molecule has 0 radical (unpaired) electrons. The minimum Gasteiger partial charge on any atom is -0.497 e. The van der Waals surface area contributed by atoms with Gasteiger partial charge in [0.05, 0.1) is 19.7 Å². The number of nitrogens with one attached hydrogen (secondary N) is 1. The zero-order valence-electron chi connectivity index (χ0n) is 9.79. The number of hydrogen-bond donors (Lipinski definition) is 1. The van der Waals surface area contributed by atoms with Gasteiger partial charge in [0.15, 0.2) is 0 Å². The maximum atomic E-state index is 9.43. The Kier molecular flexibility index (Phi) is 3.04. The summed E-state index contributed by atoms with van der Waals surface area (Å²) in [7, 11) is 1.62. The van der Waals surface area contributed by atoms with Gasteiger partial charge in [-0.1, -0.05) is 12.0 Å². The van der Waals surface area contributed by atoms with Crippen LogP contribution in [0, 0.1) is 23.7 Å². The number of hydrogen-bond acceptors (Lipinski definition) is 3. The lowest BCUT2D eigenvalue weighted by Crippen LogP contribution is -2.39. The predicted molar refractivity (Wildman–Crippen MR) is 65.4 cm³/mol. The Hall–Kier alpha value is -1.97. The Labute approximate surface area is 101 Å². The molecular formula is C14H14N2O. The molecule has 17 heavy (non-hydrogen) atoms. The molecule has 1 aromatic carbocycles. The first kappa shape index (κ1) is 11.5. The highest BCUT2D eigenvalue weighted by atomic mass is 16.5. The summed E-state index contributed by atoms with van der Waals surface area (Å²) in [5.74, 6) is 3.29. The van der Waals surface area contributed by atoms with Crippen LogP contribution in [0.4, 0.5) is 0 Å². The third-order valence-electron chi connectivity index (χ3n) is 3.23. The first-order valence-electron chi connectivity index (χ1n) is 5.53. The molecule has 0 spiro atoms. The topological polar surface area (TPSA) is 45.0 Å². The summed E-state index contributed by atoms with van der Waals surface area (Å²) in [6.07, 6.45) is 6.90. The van der Waals surface area contributed by atoms with Crippen LogP contribution in [0.1, 0.15) is 17.5 Å². The molecule has 0 fully saturated rings. The van der Waals surface area contributed by atoms with Crippen molar-refractivity contribution < 1.29 is 4.74 Å². The second kappa shape index (κ2) is 4.49. The van der Waals surface area contributed by atoms with Gasteiger partial charge in [-0.2, -0.15) is 5.26 Å². The monoisotopic (exact) mass is 226 g/mol. The lowest BCUT2D eigenvalue weighted by molar-refractivity contribution is 0.409. The van der Waals surface area contributed by atoms with Crippen LogP contribution in [0.2, 0.25) is 0 Å². The van der Waals surface area contributed by atoms with Crippen LogP contribution in [-0.2, 0) is 12.0 Å². The van der Waals surface area contributed by atoms with Crippen molar-refractivity contribution in [3.8, 4) is 24.2 Å². The van der Waals surface area contributed by atoms with E-state index < -0.39 is 5.54 Å². The maximum Gasteiger partial charge on any atom is 0.133 e. The number of aryl methyl sites for hydroxylation is 1. The standard InChI is InChI=1S/C14H14N2O/c1-3-8-16-14(10-15)7-6-11-4-5-12(17-2)9-13(11)14/h1,4-5,9,16H,6-8H2,2H3. The van der Waals surface area contributed by atoms with E-state index in [2.05, 4.69) is 17.3 Å². The summed E-state index contributed by atoms with van der Waals surface area (Å²) < 4.78 is 5.20. The SMILES string of the molecule is C#CCNC1(C#N)CCc2ccc(OC)cc21. The molecule has 2 rings (SSSR count). The number of fused-ring (bicyclic) bond motifs is 1. The van der Waals surface area contributed by atoms with E-state index in [1.54, 1.807) is 7.11 Å². The molecule has 0 saturated carbocycles. The second-order valence-corrected chi connectivity index (χ2v) is 4.10. The van der Waals surface area contributed by atoms with Gasteiger partial charge < -0.3 is 4.74 Å². The molecule has 86 valence electrons. The van der Waals surface area contributed by atoms with E-state index in [1.165, 1.54) is 5.56 Å². The number of benzene rings is 1. The first-order valence-corrected chi connectivity index (χ1v) is 5.53. The molecule has 1 N–H and O–H groups in total. The summed E-state index contributed by atoms with van der Waals surface area (Å²) >= 11 is 0. The molecule has 3 heteroatoms. The first-order chi connectivity index (χ1) is 8.25. The third-order valence-corrected chi connectivity index (χ3v) is 3.23. The average Bonchev–Trinajstić information content (AvgIpc) is 2.75. The quantitative estimate of drug-likeness (QED) is 0.796. The summed E-state index contributed by atoms with van der Waals surface area (Å²) in [5.41, 5.74) is 1.53. The summed E-state index contributed by atoms with van der Waals surface area (Å²) in [5, 5.41) is 12.6. The van der Waals surface area contributed by atoms with Crippen LogP contribution in [-0.4, -0.2) is 13.7 Å². The van der Waals surface area contributed by atoms with Gasteiger partial charge in [0, 0.05) is 0 Å². The zero-order valence-corrected chi connectivity index (χ0v) is 9.79. The Morgan fingerprint density at radius 3 is 3.06 bits per heavy atom. The molecule has 0 aliphatic heterocycles. The van der Waals surface area contributed by atoms with Gasteiger partial charge in [0.2, 0.25) is 0 Å². The fraction of sp³-hybridized carbons (Fsp3) is 0.357. The van der Waals surface area contributed by atoms with Crippen LogP contribution in [0.15, 0.2) is 18.2 Å². The number of ether oxygens (including phenoxy) is 1. The molecule has 1 atom stereocenters. The zero-order chi connectivity index (χ0) is 12.3. The van der Waals surface area contributed by atoms with Gasteiger partial charge in [-0.3, -0.25) is 5.32 Å². The van der Waals surface area contributed by atoms with E-state index in [0.29, 0.717) is 6.54 Å². The molecule has 1 unspecified atom stereocenters. The highest BCUT2D eigenvalue weighted by Gasteiger charge is 2.38. The Morgan fingerprint density at radius 2 is 2.41 bits per heavy atom. The van der Waals surface area contributed by atoms with Gasteiger partial charge in [0.25, 0.3) is 0 Å². The minimum atomic E-state index is -0.657. The van der Waals surface area contributed by atoms with Crippen molar-refractivity contribution in [3.63, 3.8) is 0 Å². The van der Waals surface area contributed by atoms with Gasteiger partial charge >= 0.3 is 0 Å². The lowest BCUT2D eigenvalue weighted by Gasteiger charge is -2.23. The molecule has 0 bridgehead atoms. The number of nitriles is 1. The maximum absolute atomic E-state index is 9.43. The van der Waals surface area contributed by atoms with Gasteiger partial charge in [-0.05, 0) is 36.1 Å². The Balaban J connectivity index is 2.43. The van der Waals surface area contributed by atoms with Crippen molar-refractivity contribution in [2.45, 2.75) is 18.4 Å². The highest BCUT2D eigenvalue weighted by molar-refractivity contribution is 5.47. The molecule has 1 aliphatic carbocycles. The molecular weight excluding hydrogens is 212 g/mol. The number of rotatable bonds is 3. The van der Waals surface area contributed by atoms with Crippen molar-refractivity contribution in [3.05, 3.63) is 29.3 Å². The minimum absolute atomic E-state index is 0.393. The second-order valence-electron chi connectivity index (χ2n) is 4.10. The largest absolute Gasteiger partial charge is 0.497 e. The van der Waals surface area contributed by atoms with E-state index in [4.69, 9.17) is 11.2 Å². The van der Waals surface area contributed by atoms with Gasteiger partial charge in [-0.15, -0.1) is 6.42 Å². The summed E-state index contributed by atoms with van der Waals surface area (Å²) in [6, 6.07) is 8.23. The molecule has 3 nitrogen and oxygen atoms in total. The molecule has 1 aromatic rings. The van der Waals surface area contributed by atoms with E-state index in [0.717, 1.165) is 24.2 Å². The van der Waals surface area contributed by atoms with E-state index in [-0.39, 0.29) is 0 Å². The molecule has 0 heterocycles. The summed E-state index contributed by atoms with van der Waals surface area (Å²) in [4.78, 5) is 0. The van der Waals surface area contributed by atoms with E-state index >= 15 is 0 Å². The molecule has 0 amide bonds. The molecule has 1 aliphatic rings. The van der Waals surface area contributed by atoms with Crippen LogP contribution in [0.5, 0.6) is 5.75 Å². The number of terminal acetylenes is 1. The highest BCUT2D eigenvalue weighted by Crippen LogP contribution is 2.38. The lowest BCUT2D eigenvalue weighted by atomic mass is 9.93. The smallest absolute Gasteiger partial charge is 0.133 e. The van der Waals surface area contributed by atoms with E-state index in [9.17, 15) is 5.26 Å². The summed E-state index contributed by atoms with van der Waals surface area (Å²) in [6.45, 7) is 0.393. The number of nitrogens with zero attached hydrogens (tertiary/aromatic N) is 1. The van der Waals surface area contributed by atoms with Crippen molar-refractivity contribution in [2.24, 2.45) is 0 Å². The van der Waals surface area contributed by atoms with Crippen LogP contribution in [0.25, 0.3) is 0 Å². The molecule has 0 aromatic heterocycles. The van der Waals surface area contributed by atoms with Crippen molar-refractivity contribution in [2.75, 3.05) is 13.7 Å². The van der Waals surface area contributed by atoms with Gasteiger partial charge in [-0.25, -0.2) is 0 Å². The predicted octanol–water partition coefficient (Wildman–Crippen LogP) is 1.58. The van der Waals surface area contributed by atoms with Crippen molar-refractivity contribution >= 4 is 0 Å². The molecule has 0 saturated heterocycles. The fourth-order valence-electron chi connectivity index (χ4n) is 2.30. The van der Waals surface area contributed by atoms with Crippen molar-refractivity contribution in [1.29, 1.82) is 5.26 Å². The fourth-order valence-corrected chi connectivity index (χ4v) is 2.30.